The number of rotatable bonds is 7. The Kier molecular flexibility index (Phi) is 6.05. The number of benzene rings is 2. The Labute approximate surface area is 159 Å². The number of aryl methyl sites for hydroxylation is 1. The van der Waals surface area contributed by atoms with E-state index in [1.54, 1.807) is 24.5 Å². The lowest BCUT2D eigenvalue weighted by atomic mass is 10.1. The van der Waals surface area contributed by atoms with Crippen LogP contribution < -0.4 is 14.8 Å². The number of carbonyl (C=O) groups is 1. The third-order valence-electron chi connectivity index (χ3n) is 4.03. The fraction of sp³-hybridized carbons (Fsp3) is 0.182. The van der Waals surface area contributed by atoms with Crippen LogP contribution in [-0.4, -0.2) is 17.5 Å². The zero-order valence-corrected chi connectivity index (χ0v) is 15.4. The first-order valence-corrected chi connectivity index (χ1v) is 8.77. The molecule has 1 N–H and O–H groups in total. The van der Waals surface area contributed by atoms with Crippen molar-refractivity contribution in [2.45, 2.75) is 19.9 Å². The van der Waals surface area contributed by atoms with E-state index in [4.69, 9.17) is 9.47 Å². The SMILES string of the molecule is Cc1ccc(Oc2ccc(OCC(=O)NC(C)c3ccncc3)cc2)cc1. The first-order valence-electron chi connectivity index (χ1n) is 8.77. The topological polar surface area (TPSA) is 60.5 Å². The highest BCUT2D eigenvalue weighted by molar-refractivity contribution is 5.78. The summed E-state index contributed by atoms with van der Waals surface area (Å²) in [5.41, 5.74) is 2.18. The molecule has 0 radical (unpaired) electrons. The number of carbonyl (C=O) groups excluding carboxylic acids is 1. The number of ether oxygens (including phenoxy) is 2. The van der Waals surface area contributed by atoms with Crippen molar-refractivity contribution in [2.24, 2.45) is 0 Å². The lowest BCUT2D eigenvalue weighted by Crippen LogP contribution is -2.31. The number of hydrogen-bond donors (Lipinski definition) is 1. The Morgan fingerprint density at radius 1 is 0.926 bits per heavy atom. The van der Waals surface area contributed by atoms with Crippen molar-refractivity contribution in [3.63, 3.8) is 0 Å². The lowest BCUT2D eigenvalue weighted by Gasteiger charge is -2.14. The molecule has 5 heteroatoms. The monoisotopic (exact) mass is 362 g/mol. The van der Waals surface area contributed by atoms with Gasteiger partial charge in [0.1, 0.15) is 17.2 Å². The largest absolute Gasteiger partial charge is 0.484 e. The predicted octanol–water partition coefficient (Wildman–Crippen LogP) is 4.44. The first kappa shape index (κ1) is 18.5. The van der Waals surface area contributed by atoms with Gasteiger partial charge in [-0.1, -0.05) is 17.7 Å². The molecule has 1 atom stereocenters. The number of nitrogens with one attached hydrogen (secondary N) is 1. The molecule has 2 aromatic carbocycles. The second kappa shape index (κ2) is 8.85. The van der Waals surface area contributed by atoms with Gasteiger partial charge in [0.25, 0.3) is 5.91 Å². The molecule has 0 aliphatic heterocycles. The molecule has 1 unspecified atom stereocenters. The second-order valence-corrected chi connectivity index (χ2v) is 6.24. The van der Waals surface area contributed by atoms with Crippen LogP contribution in [0, 0.1) is 6.92 Å². The van der Waals surface area contributed by atoms with E-state index >= 15 is 0 Å². The zero-order valence-electron chi connectivity index (χ0n) is 15.4. The van der Waals surface area contributed by atoms with Gasteiger partial charge in [0.15, 0.2) is 6.61 Å². The standard InChI is InChI=1S/C22H22N2O3/c1-16-3-5-20(6-4-16)27-21-9-7-19(8-10-21)26-15-22(25)24-17(2)18-11-13-23-14-12-18/h3-14,17H,15H2,1-2H3,(H,24,25). The van der Waals surface area contributed by atoms with E-state index in [9.17, 15) is 4.79 Å². The normalized spacial score (nSPS) is 11.5. The third kappa shape index (κ3) is 5.57. The van der Waals surface area contributed by atoms with Gasteiger partial charge in [-0.25, -0.2) is 0 Å². The summed E-state index contributed by atoms with van der Waals surface area (Å²) >= 11 is 0. The average Bonchev–Trinajstić information content (AvgIpc) is 2.70. The Morgan fingerprint density at radius 2 is 1.48 bits per heavy atom. The first-order chi connectivity index (χ1) is 13.1. The molecular weight excluding hydrogens is 340 g/mol. The molecule has 0 aliphatic carbocycles. The maximum absolute atomic E-state index is 12.1. The lowest BCUT2D eigenvalue weighted by molar-refractivity contribution is -0.123. The van der Waals surface area contributed by atoms with Crippen LogP contribution in [0.2, 0.25) is 0 Å². The molecule has 3 aromatic rings. The van der Waals surface area contributed by atoms with E-state index in [1.807, 2.05) is 62.4 Å². The van der Waals surface area contributed by atoms with Crippen molar-refractivity contribution in [1.82, 2.24) is 10.3 Å². The molecule has 138 valence electrons. The van der Waals surface area contributed by atoms with E-state index in [0.29, 0.717) is 11.5 Å². The van der Waals surface area contributed by atoms with Crippen LogP contribution in [0.3, 0.4) is 0 Å². The van der Waals surface area contributed by atoms with Crippen LogP contribution in [0.5, 0.6) is 17.2 Å². The van der Waals surface area contributed by atoms with Crippen LogP contribution in [0.15, 0.2) is 73.1 Å². The van der Waals surface area contributed by atoms with Crippen LogP contribution in [0.4, 0.5) is 0 Å². The van der Waals surface area contributed by atoms with Gasteiger partial charge in [0.05, 0.1) is 6.04 Å². The molecule has 0 fully saturated rings. The Balaban J connectivity index is 1.48. The summed E-state index contributed by atoms with van der Waals surface area (Å²) in [7, 11) is 0. The van der Waals surface area contributed by atoms with Gasteiger partial charge in [-0.05, 0) is 67.9 Å². The number of amides is 1. The number of hydrogen-bond acceptors (Lipinski definition) is 4. The summed E-state index contributed by atoms with van der Waals surface area (Å²) in [6, 6.07) is 18.7. The quantitative estimate of drug-likeness (QED) is 0.675. The smallest absolute Gasteiger partial charge is 0.258 e. The number of pyridine rings is 1. The minimum Gasteiger partial charge on any atom is -0.484 e. The fourth-order valence-electron chi connectivity index (χ4n) is 2.51. The summed E-state index contributed by atoms with van der Waals surface area (Å²) in [5, 5.41) is 2.90. The predicted molar refractivity (Wildman–Crippen MR) is 104 cm³/mol. The van der Waals surface area contributed by atoms with E-state index in [1.165, 1.54) is 5.56 Å². The summed E-state index contributed by atoms with van der Waals surface area (Å²) in [6.07, 6.45) is 3.41. The fourth-order valence-corrected chi connectivity index (χ4v) is 2.51. The van der Waals surface area contributed by atoms with Crippen LogP contribution in [0.25, 0.3) is 0 Å². The van der Waals surface area contributed by atoms with Crippen molar-refractivity contribution >= 4 is 5.91 Å². The second-order valence-electron chi connectivity index (χ2n) is 6.24. The van der Waals surface area contributed by atoms with Crippen LogP contribution >= 0.6 is 0 Å². The van der Waals surface area contributed by atoms with Crippen molar-refractivity contribution in [3.8, 4) is 17.2 Å². The molecule has 27 heavy (non-hydrogen) atoms. The number of aromatic nitrogens is 1. The van der Waals surface area contributed by atoms with Gasteiger partial charge in [0, 0.05) is 12.4 Å². The molecule has 1 aromatic heterocycles. The van der Waals surface area contributed by atoms with Gasteiger partial charge in [0.2, 0.25) is 0 Å². The number of nitrogens with zero attached hydrogens (tertiary/aromatic N) is 1. The van der Waals surface area contributed by atoms with Crippen LogP contribution in [-0.2, 0) is 4.79 Å². The van der Waals surface area contributed by atoms with Gasteiger partial charge in [-0.2, -0.15) is 0 Å². The molecule has 0 bridgehead atoms. The summed E-state index contributed by atoms with van der Waals surface area (Å²) in [5.74, 6) is 1.91. The molecule has 5 nitrogen and oxygen atoms in total. The Morgan fingerprint density at radius 3 is 2.11 bits per heavy atom. The van der Waals surface area contributed by atoms with Crippen molar-refractivity contribution in [1.29, 1.82) is 0 Å². The summed E-state index contributed by atoms with van der Waals surface area (Å²) in [4.78, 5) is 16.0. The van der Waals surface area contributed by atoms with E-state index in [-0.39, 0.29) is 18.6 Å². The minimum atomic E-state index is -0.181. The maximum atomic E-state index is 12.1. The molecular formula is C22H22N2O3. The van der Waals surface area contributed by atoms with Crippen molar-refractivity contribution < 1.29 is 14.3 Å². The molecule has 0 spiro atoms. The molecule has 0 aliphatic rings. The highest BCUT2D eigenvalue weighted by atomic mass is 16.5. The Hall–Kier alpha value is -3.34. The van der Waals surface area contributed by atoms with Crippen molar-refractivity contribution in [3.05, 3.63) is 84.2 Å². The van der Waals surface area contributed by atoms with E-state index in [0.717, 1.165) is 11.3 Å². The van der Waals surface area contributed by atoms with Crippen LogP contribution in [0.1, 0.15) is 24.1 Å². The van der Waals surface area contributed by atoms with Gasteiger partial charge in [-0.3, -0.25) is 9.78 Å². The van der Waals surface area contributed by atoms with Gasteiger partial charge >= 0.3 is 0 Å². The minimum absolute atomic E-state index is 0.0480. The molecule has 1 amide bonds. The van der Waals surface area contributed by atoms with Gasteiger partial charge in [-0.15, -0.1) is 0 Å². The zero-order chi connectivity index (χ0) is 19.1. The maximum Gasteiger partial charge on any atom is 0.258 e. The summed E-state index contributed by atoms with van der Waals surface area (Å²) < 4.78 is 11.3. The highest BCUT2D eigenvalue weighted by Crippen LogP contribution is 2.24. The third-order valence-corrected chi connectivity index (χ3v) is 4.03. The Bertz CT molecular complexity index is 862. The van der Waals surface area contributed by atoms with Crippen molar-refractivity contribution in [2.75, 3.05) is 6.61 Å². The average molecular weight is 362 g/mol. The van der Waals surface area contributed by atoms with E-state index in [2.05, 4.69) is 10.3 Å². The molecule has 1 heterocycles. The molecule has 0 saturated heterocycles. The molecule has 0 saturated carbocycles. The van der Waals surface area contributed by atoms with Gasteiger partial charge < -0.3 is 14.8 Å². The molecule has 3 rings (SSSR count). The van der Waals surface area contributed by atoms with E-state index < -0.39 is 0 Å². The summed E-state index contributed by atoms with van der Waals surface area (Å²) in [6.45, 7) is 3.90. The highest BCUT2D eigenvalue weighted by Gasteiger charge is 2.10.